The highest BCUT2D eigenvalue weighted by Crippen LogP contribution is 2.13. The third kappa shape index (κ3) is 4.56. The molecular weight excluding hydrogens is 264 g/mol. The van der Waals surface area contributed by atoms with Gasteiger partial charge in [0.25, 0.3) is 5.91 Å². The molecule has 2 aromatic rings. The molecule has 0 aliphatic carbocycles. The lowest BCUT2D eigenvalue weighted by molar-refractivity contribution is 0.0948. The molecule has 0 unspecified atom stereocenters. The number of benzene rings is 1. The molecule has 0 aliphatic rings. The molecule has 0 bridgehead atoms. The number of hydrogen-bond donors (Lipinski definition) is 2. The number of nitrogens with zero attached hydrogens (tertiary/aromatic N) is 2. The van der Waals surface area contributed by atoms with E-state index in [1.54, 1.807) is 0 Å². The van der Waals surface area contributed by atoms with E-state index in [1.807, 2.05) is 45.0 Å². The molecule has 0 radical (unpaired) electrons. The minimum atomic E-state index is -0.147. The first-order chi connectivity index (χ1) is 10.0. The summed E-state index contributed by atoms with van der Waals surface area (Å²) in [6.07, 6.45) is 3.06. The summed E-state index contributed by atoms with van der Waals surface area (Å²) in [7, 11) is 0. The molecule has 0 saturated heterocycles. The minimum absolute atomic E-state index is 0.147. The van der Waals surface area contributed by atoms with Gasteiger partial charge >= 0.3 is 0 Å². The zero-order valence-corrected chi connectivity index (χ0v) is 12.6. The molecule has 2 rings (SSSR count). The Morgan fingerprint density at radius 2 is 1.95 bits per heavy atom. The molecule has 1 aromatic carbocycles. The van der Waals surface area contributed by atoms with E-state index in [1.165, 1.54) is 12.4 Å². The second-order valence-corrected chi connectivity index (χ2v) is 5.39. The van der Waals surface area contributed by atoms with Gasteiger partial charge < -0.3 is 10.6 Å². The van der Waals surface area contributed by atoms with Crippen LogP contribution in [-0.2, 0) is 0 Å². The number of anilines is 2. The zero-order chi connectivity index (χ0) is 15.2. The van der Waals surface area contributed by atoms with Crippen molar-refractivity contribution in [3.05, 3.63) is 47.8 Å². The molecule has 0 saturated carbocycles. The largest absolute Gasteiger partial charge is 0.352 e. The van der Waals surface area contributed by atoms with Gasteiger partial charge in [-0.2, -0.15) is 0 Å². The smallest absolute Gasteiger partial charge is 0.254 e. The van der Waals surface area contributed by atoms with Gasteiger partial charge in [0, 0.05) is 24.6 Å². The molecule has 21 heavy (non-hydrogen) atoms. The molecule has 0 fully saturated rings. The second kappa shape index (κ2) is 6.83. The first-order valence-corrected chi connectivity index (χ1v) is 6.98. The molecule has 5 nitrogen and oxygen atoms in total. The highest BCUT2D eigenvalue weighted by atomic mass is 16.1. The van der Waals surface area contributed by atoms with E-state index >= 15 is 0 Å². The van der Waals surface area contributed by atoms with Crippen LogP contribution in [0.5, 0.6) is 0 Å². The van der Waals surface area contributed by atoms with Crippen LogP contribution in [0.1, 0.15) is 29.8 Å². The quantitative estimate of drug-likeness (QED) is 0.886. The van der Waals surface area contributed by atoms with Crippen molar-refractivity contribution in [1.82, 2.24) is 15.3 Å². The van der Waals surface area contributed by atoms with Crippen LogP contribution in [0.25, 0.3) is 0 Å². The normalized spacial score (nSPS) is 10.5. The van der Waals surface area contributed by atoms with Gasteiger partial charge in [-0.25, -0.2) is 9.97 Å². The van der Waals surface area contributed by atoms with E-state index in [2.05, 4.69) is 20.6 Å². The summed E-state index contributed by atoms with van der Waals surface area (Å²) in [5.74, 6) is 0.740. The Morgan fingerprint density at radius 1 is 1.24 bits per heavy atom. The lowest BCUT2D eigenvalue weighted by Gasteiger charge is -2.08. The van der Waals surface area contributed by atoms with E-state index in [9.17, 15) is 4.79 Å². The van der Waals surface area contributed by atoms with Crippen LogP contribution in [0, 0.1) is 12.8 Å². The monoisotopic (exact) mass is 284 g/mol. The Labute approximate surface area is 124 Å². The number of carbonyl (C=O) groups is 1. The molecular formula is C16H20N4O. The van der Waals surface area contributed by atoms with Crippen LogP contribution < -0.4 is 10.6 Å². The molecule has 1 aromatic heterocycles. The van der Waals surface area contributed by atoms with E-state index in [0.29, 0.717) is 24.0 Å². The molecule has 5 heteroatoms. The van der Waals surface area contributed by atoms with E-state index in [0.717, 1.165) is 11.3 Å². The highest BCUT2D eigenvalue weighted by molar-refractivity contribution is 5.93. The summed E-state index contributed by atoms with van der Waals surface area (Å²) < 4.78 is 0. The first-order valence-electron chi connectivity index (χ1n) is 6.98. The number of nitrogens with one attached hydrogen (secondary N) is 2. The summed E-state index contributed by atoms with van der Waals surface area (Å²) in [6.45, 7) is 6.76. The number of hydrogen-bond acceptors (Lipinski definition) is 4. The lowest BCUT2D eigenvalue weighted by atomic mass is 10.2. The Kier molecular flexibility index (Phi) is 4.87. The zero-order valence-electron chi connectivity index (χ0n) is 12.6. The standard InChI is InChI=1S/C16H20N4O/c1-11(2)8-17-15(21)13-9-18-16(19-10-13)20-14-6-4-5-12(3)7-14/h4-7,9-11H,8H2,1-3H3,(H,17,21)(H,18,19,20). The number of rotatable bonds is 5. The van der Waals surface area contributed by atoms with Gasteiger partial charge in [0.2, 0.25) is 5.95 Å². The Hall–Kier alpha value is -2.43. The number of amides is 1. The number of aryl methyl sites for hydroxylation is 1. The van der Waals surface area contributed by atoms with Gasteiger partial charge in [0.05, 0.1) is 5.56 Å². The van der Waals surface area contributed by atoms with Crippen molar-refractivity contribution in [2.75, 3.05) is 11.9 Å². The maximum absolute atomic E-state index is 11.9. The second-order valence-electron chi connectivity index (χ2n) is 5.39. The van der Waals surface area contributed by atoms with Crippen LogP contribution in [0.3, 0.4) is 0 Å². The number of carbonyl (C=O) groups excluding carboxylic acids is 1. The van der Waals surface area contributed by atoms with Crippen LogP contribution in [0.15, 0.2) is 36.7 Å². The Balaban J connectivity index is 2.00. The van der Waals surface area contributed by atoms with Crippen molar-refractivity contribution in [3.63, 3.8) is 0 Å². The summed E-state index contributed by atoms with van der Waals surface area (Å²) in [6, 6.07) is 7.94. The van der Waals surface area contributed by atoms with Crippen molar-refractivity contribution in [3.8, 4) is 0 Å². The third-order valence-corrected chi connectivity index (χ3v) is 2.86. The van der Waals surface area contributed by atoms with Gasteiger partial charge in [0.15, 0.2) is 0 Å². The maximum atomic E-state index is 11.9. The average molecular weight is 284 g/mol. The van der Waals surface area contributed by atoms with Gasteiger partial charge in [-0.15, -0.1) is 0 Å². The average Bonchev–Trinajstić information content (AvgIpc) is 2.45. The van der Waals surface area contributed by atoms with Crippen LogP contribution in [0.4, 0.5) is 11.6 Å². The predicted octanol–water partition coefficient (Wildman–Crippen LogP) is 2.91. The van der Waals surface area contributed by atoms with Gasteiger partial charge in [-0.3, -0.25) is 4.79 Å². The molecule has 0 spiro atoms. The molecule has 110 valence electrons. The van der Waals surface area contributed by atoms with Gasteiger partial charge in [-0.1, -0.05) is 26.0 Å². The molecule has 1 amide bonds. The SMILES string of the molecule is Cc1cccc(Nc2ncc(C(=O)NCC(C)C)cn2)c1. The molecule has 1 heterocycles. The van der Waals surface area contributed by atoms with Gasteiger partial charge in [-0.05, 0) is 30.5 Å². The predicted molar refractivity (Wildman–Crippen MR) is 83.7 cm³/mol. The van der Waals surface area contributed by atoms with E-state index < -0.39 is 0 Å². The van der Waals surface area contributed by atoms with Crippen molar-refractivity contribution < 1.29 is 4.79 Å². The summed E-state index contributed by atoms with van der Waals surface area (Å²) in [5.41, 5.74) is 2.54. The topological polar surface area (TPSA) is 66.9 Å². The van der Waals surface area contributed by atoms with Crippen molar-refractivity contribution in [1.29, 1.82) is 0 Å². The minimum Gasteiger partial charge on any atom is -0.352 e. The van der Waals surface area contributed by atoms with Gasteiger partial charge in [0.1, 0.15) is 0 Å². The third-order valence-electron chi connectivity index (χ3n) is 2.86. The van der Waals surface area contributed by atoms with Crippen molar-refractivity contribution >= 4 is 17.5 Å². The molecule has 0 atom stereocenters. The number of aromatic nitrogens is 2. The lowest BCUT2D eigenvalue weighted by Crippen LogP contribution is -2.27. The summed E-state index contributed by atoms with van der Waals surface area (Å²) in [4.78, 5) is 20.2. The Bertz CT molecular complexity index is 608. The fourth-order valence-electron chi connectivity index (χ4n) is 1.76. The van der Waals surface area contributed by atoms with E-state index in [-0.39, 0.29) is 5.91 Å². The summed E-state index contributed by atoms with van der Waals surface area (Å²) >= 11 is 0. The Morgan fingerprint density at radius 3 is 2.57 bits per heavy atom. The maximum Gasteiger partial charge on any atom is 0.254 e. The van der Waals surface area contributed by atoms with Crippen LogP contribution >= 0.6 is 0 Å². The van der Waals surface area contributed by atoms with Crippen LogP contribution in [-0.4, -0.2) is 22.4 Å². The van der Waals surface area contributed by atoms with Crippen molar-refractivity contribution in [2.24, 2.45) is 5.92 Å². The molecule has 0 aliphatic heterocycles. The van der Waals surface area contributed by atoms with Crippen LogP contribution in [0.2, 0.25) is 0 Å². The fourth-order valence-corrected chi connectivity index (χ4v) is 1.76. The fraction of sp³-hybridized carbons (Fsp3) is 0.312. The van der Waals surface area contributed by atoms with Crippen molar-refractivity contribution in [2.45, 2.75) is 20.8 Å². The van der Waals surface area contributed by atoms with E-state index in [4.69, 9.17) is 0 Å². The highest BCUT2D eigenvalue weighted by Gasteiger charge is 2.07. The molecule has 2 N–H and O–H groups in total. The summed E-state index contributed by atoms with van der Waals surface area (Å²) in [5, 5.41) is 5.94. The first kappa shape index (κ1) is 15.0.